The third-order valence-electron chi connectivity index (χ3n) is 2.91. The third kappa shape index (κ3) is 7.23. The average Bonchev–Trinajstić information content (AvgIpc) is 2.40. The van der Waals surface area contributed by atoms with E-state index < -0.39 is 0 Å². The topological polar surface area (TPSA) is 41.1 Å². The first-order valence-electron chi connectivity index (χ1n) is 6.79. The maximum Gasteiger partial charge on any atom is 0.238 e. The number of benzene rings is 1. The fraction of sp³-hybridized carbons (Fsp3) is 0.533. The van der Waals surface area contributed by atoms with Gasteiger partial charge in [-0.15, -0.1) is 0 Å². The number of hydrogen-bond acceptors (Lipinski definition) is 3. The molecule has 0 heterocycles. The molecule has 2 N–H and O–H groups in total. The molecule has 0 saturated carbocycles. The molecule has 1 amide bonds. The zero-order valence-electron chi connectivity index (χ0n) is 11.9. The van der Waals surface area contributed by atoms with Gasteiger partial charge in [0.15, 0.2) is 0 Å². The van der Waals surface area contributed by atoms with Gasteiger partial charge in [0.25, 0.3) is 0 Å². The van der Waals surface area contributed by atoms with E-state index in [1.54, 1.807) is 0 Å². The van der Waals surface area contributed by atoms with Gasteiger partial charge in [-0.25, -0.2) is 0 Å². The summed E-state index contributed by atoms with van der Waals surface area (Å²) in [5.41, 5.74) is 1.99. The Kier molecular flexibility index (Phi) is 8.34. The molecule has 0 saturated heterocycles. The zero-order chi connectivity index (χ0) is 13.9. The van der Waals surface area contributed by atoms with Crippen LogP contribution in [0.25, 0.3) is 0 Å². The molecule has 0 radical (unpaired) electrons. The number of hydrogen-bond donors (Lipinski definition) is 2. The van der Waals surface area contributed by atoms with Crippen LogP contribution in [0, 0.1) is 6.92 Å². The zero-order valence-corrected chi connectivity index (χ0v) is 12.7. The van der Waals surface area contributed by atoms with Gasteiger partial charge >= 0.3 is 0 Å². The summed E-state index contributed by atoms with van der Waals surface area (Å²) >= 11 is 1.89. The van der Waals surface area contributed by atoms with E-state index in [0.29, 0.717) is 6.54 Å². The van der Waals surface area contributed by atoms with E-state index in [9.17, 15) is 4.79 Å². The van der Waals surface area contributed by atoms with Crippen LogP contribution in [-0.2, 0) is 4.79 Å². The molecular weight excluding hydrogens is 256 g/mol. The Balaban J connectivity index is 2.10. The summed E-state index contributed by atoms with van der Waals surface area (Å²) in [5.74, 6) is 1.26. The van der Waals surface area contributed by atoms with Crippen LogP contribution in [0.3, 0.4) is 0 Å². The SMILES string of the molecule is CSCCCCCNCC(=O)Nc1ccccc1C. The largest absolute Gasteiger partial charge is 0.325 e. The van der Waals surface area contributed by atoms with Gasteiger partial charge in [0.2, 0.25) is 5.91 Å². The summed E-state index contributed by atoms with van der Waals surface area (Å²) < 4.78 is 0. The van der Waals surface area contributed by atoms with Crippen molar-refractivity contribution in [2.24, 2.45) is 0 Å². The number of anilines is 1. The number of amides is 1. The fourth-order valence-electron chi connectivity index (χ4n) is 1.78. The van der Waals surface area contributed by atoms with Crippen molar-refractivity contribution in [1.82, 2.24) is 5.32 Å². The number of rotatable bonds is 9. The standard InChI is InChI=1S/C15H24N2OS/c1-13-8-4-5-9-14(13)17-15(18)12-16-10-6-3-7-11-19-2/h4-5,8-9,16H,3,6-7,10-12H2,1-2H3,(H,17,18). The summed E-state index contributed by atoms with van der Waals surface area (Å²) in [4.78, 5) is 11.7. The summed E-state index contributed by atoms with van der Waals surface area (Å²) in [6, 6.07) is 7.82. The number of nitrogens with one attached hydrogen (secondary N) is 2. The first-order chi connectivity index (χ1) is 9.24. The molecule has 0 atom stereocenters. The second-order valence-corrected chi connectivity index (χ2v) is 5.58. The first kappa shape index (κ1) is 16.1. The Morgan fingerprint density at radius 2 is 2.00 bits per heavy atom. The number of aryl methyl sites for hydroxylation is 1. The highest BCUT2D eigenvalue weighted by Gasteiger charge is 2.03. The minimum absolute atomic E-state index is 0.0263. The minimum Gasteiger partial charge on any atom is -0.325 e. The van der Waals surface area contributed by atoms with Crippen LogP contribution in [0.15, 0.2) is 24.3 Å². The molecule has 4 heteroatoms. The Morgan fingerprint density at radius 1 is 1.21 bits per heavy atom. The number of unbranched alkanes of at least 4 members (excludes halogenated alkanes) is 2. The van der Waals surface area contributed by atoms with Gasteiger partial charge in [-0.05, 0) is 49.9 Å². The van der Waals surface area contributed by atoms with E-state index in [-0.39, 0.29) is 5.91 Å². The number of carbonyl (C=O) groups is 1. The highest BCUT2D eigenvalue weighted by Crippen LogP contribution is 2.12. The Bertz CT molecular complexity index is 382. The van der Waals surface area contributed by atoms with Gasteiger partial charge < -0.3 is 10.6 Å². The molecule has 106 valence electrons. The first-order valence-corrected chi connectivity index (χ1v) is 8.18. The lowest BCUT2D eigenvalue weighted by Crippen LogP contribution is -2.29. The lowest BCUT2D eigenvalue weighted by atomic mass is 10.2. The molecule has 1 rings (SSSR count). The van der Waals surface area contributed by atoms with Gasteiger partial charge in [0.05, 0.1) is 6.54 Å². The molecule has 1 aromatic carbocycles. The number of carbonyl (C=O) groups excluding carboxylic acids is 1. The van der Waals surface area contributed by atoms with Crippen molar-refractivity contribution in [2.45, 2.75) is 26.2 Å². The van der Waals surface area contributed by atoms with E-state index in [2.05, 4.69) is 16.9 Å². The molecule has 0 fully saturated rings. The van der Waals surface area contributed by atoms with Gasteiger partial charge in [-0.1, -0.05) is 24.6 Å². The summed E-state index contributed by atoms with van der Waals surface area (Å²) in [5, 5.41) is 6.10. The van der Waals surface area contributed by atoms with E-state index in [1.165, 1.54) is 18.6 Å². The van der Waals surface area contributed by atoms with Crippen LogP contribution in [-0.4, -0.2) is 31.0 Å². The Labute approximate surface area is 120 Å². The van der Waals surface area contributed by atoms with Gasteiger partial charge in [0, 0.05) is 5.69 Å². The quantitative estimate of drug-likeness (QED) is 0.683. The summed E-state index contributed by atoms with van der Waals surface area (Å²) in [6.45, 7) is 3.29. The van der Waals surface area contributed by atoms with Crippen molar-refractivity contribution in [3.63, 3.8) is 0 Å². The maximum absolute atomic E-state index is 11.7. The highest BCUT2D eigenvalue weighted by molar-refractivity contribution is 7.98. The molecule has 19 heavy (non-hydrogen) atoms. The predicted octanol–water partition coefficient (Wildman–Crippen LogP) is 3.06. The lowest BCUT2D eigenvalue weighted by Gasteiger charge is -2.08. The number of thioether (sulfide) groups is 1. The molecule has 3 nitrogen and oxygen atoms in total. The molecule has 0 aliphatic rings. The van der Waals surface area contributed by atoms with Crippen LogP contribution in [0.2, 0.25) is 0 Å². The normalized spacial score (nSPS) is 10.4. The van der Waals surface area contributed by atoms with Crippen LogP contribution in [0.5, 0.6) is 0 Å². The molecule has 0 unspecified atom stereocenters. The minimum atomic E-state index is 0.0263. The van der Waals surface area contributed by atoms with Crippen LogP contribution in [0.4, 0.5) is 5.69 Å². The lowest BCUT2D eigenvalue weighted by molar-refractivity contribution is -0.115. The van der Waals surface area contributed by atoms with E-state index in [1.807, 2.05) is 43.0 Å². The number of para-hydroxylation sites is 1. The van der Waals surface area contributed by atoms with Crippen molar-refractivity contribution in [3.05, 3.63) is 29.8 Å². The highest BCUT2D eigenvalue weighted by atomic mass is 32.2. The van der Waals surface area contributed by atoms with Gasteiger partial charge in [0.1, 0.15) is 0 Å². The van der Waals surface area contributed by atoms with E-state index in [4.69, 9.17) is 0 Å². The van der Waals surface area contributed by atoms with E-state index >= 15 is 0 Å². The van der Waals surface area contributed by atoms with Crippen molar-refractivity contribution in [2.75, 3.05) is 30.4 Å². The van der Waals surface area contributed by atoms with Crippen molar-refractivity contribution in [3.8, 4) is 0 Å². The smallest absolute Gasteiger partial charge is 0.238 e. The fourth-order valence-corrected chi connectivity index (χ4v) is 2.28. The van der Waals surface area contributed by atoms with Crippen LogP contribution in [0.1, 0.15) is 24.8 Å². The van der Waals surface area contributed by atoms with Crippen molar-refractivity contribution >= 4 is 23.4 Å². The monoisotopic (exact) mass is 280 g/mol. The van der Waals surface area contributed by atoms with Crippen molar-refractivity contribution in [1.29, 1.82) is 0 Å². The van der Waals surface area contributed by atoms with E-state index in [0.717, 1.165) is 24.2 Å². The molecule has 0 aliphatic carbocycles. The molecular formula is C15H24N2OS. The van der Waals surface area contributed by atoms with Gasteiger partial charge in [-0.3, -0.25) is 4.79 Å². The second kappa shape index (κ2) is 9.87. The van der Waals surface area contributed by atoms with Gasteiger partial charge in [-0.2, -0.15) is 11.8 Å². The van der Waals surface area contributed by atoms with Crippen LogP contribution < -0.4 is 10.6 Å². The summed E-state index contributed by atoms with van der Waals surface area (Å²) in [6.07, 6.45) is 5.76. The molecule has 0 aliphatic heterocycles. The third-order valence-corrected chi connectivity index (χ3v) is 3.60. The average molecular weight is 280 g/mol. The Morgan fingerprint density at radius 3 is 2.74 bits per heavy atom. The molecule has 0 spiro atoms. The molecule has 0 aromatic heterocycles. The maximum atomic E-state index is 11.7. The summed E-state index contributed by atoms with van der Waals surface area (Å²) in [7, 11) is 0. The Hall–Kier alpha value is -1.00. The second-order valence-electron chi connectivity index (χ2n) is 4.59. The van der Waals surface area contributed by atoms with Crippen molar-refractivity contribution < 1.29 is 4.79 Å². The molecule has 0 bridgehead atoms. The molecule has 1 aromatic rings. The predicted molar refractivity (Wildman–Crippen MR) is 84.9 cm³/mol. The van der Waals surface area contributed by atoms with Crippen LogP contribution >= 0.6 is 11.8 Å².